The molecule has 0 aromatic heterocycles. The fraction of sp³-hybridized carbons (Fsp3) is 0.970. The van der Waals surface area contributed by atoms with Gasteiger partial charge in [0.25, 0.3) is 0 Å². The van der Waals surface area contributed by atoms with Crippen molar-refractivity contribution in [2.24, 2.45) is 0 Å². The predicted octanol–water partition coefficient (Wildman–Crippen LogP) is 7.55. The number of likely N-dealkylation sites (N-methyl/N-ethyl adjacent to an activating group) is 1. The van der Waals surface area contributed by atoms with Crippen LogP contribution < -0.4 is 5.11 Å². The standard InChI is InChI=1S/C26H54O.C7H15NO3/c1-2-3-4-5-6-7-8-9-10-11-12-13-14-15-16-17-18-19-20-21-22-23-24-25-26-27;1-8(2,3)5-6(9)4-7(10)11/h27H,2-26H2,1H3;6,9H,4-5H2,1-3H3. The van der Waals surface area contributed by atoms with E-state index in [0.29, 0.717) is 17.6 Å². The molecule has 0 bridgehead atoms. The highest BCUT2D eigenvalue weighted by Gasteiger charge is 2.14. The van der Waals surface area contributed by atoms with E-state index in [0.717, 1.165) is 6.42 Å². The topological polar surface area (TPSA) is 80.6 Å². The summed E-state index contributed by atoms with van der Waals surface area (Å²) in [5, 5.41) is 27.9. The van der Waals surface area contributed by atoms with Crippen molar-refractivity contribution in [2.45, 2.75) is 174 Å². The van der Waals surface area contributed by atoms with Crippen molar-refractivity contribution >= 4 is 5.97 Å². The molecule has 1 atom stereocenters. The lowest BCUT2D eigenvalue weighted by Crippen LogP contribution is -2.43. The lowest BCUT2D eigenvalue weighted by atomic mass is 10.0. The Balaban J connectivity index is 0. The van der Waals surface area contributed by atoms with Gasteiger partial charge in [-0.2, -0.15) is 0 Å². The molecule has 230 valence electrons. The normalized spacial score (nSPS) is 12.3. The molecule has 5 nitrogen and oxygen atoms in total. The Labute approximate surface area is 238 Å². The van der Waals surface area contributed by atoms with Crippen LogP contribution in [-0.4, -0.2) is 61.1 Å². The molecule has 0 saturated carbocycles. The molecule has 0 heterocycles. The van der Waals surface area contributed by atoms with E-state index >= 15 is 0 Å². The van der Waals surface area contributed by atoms with Crippen LogP contribution in [0.15, 0.2) is 0 Å². The molecule has 0 saturated heterocycles. The van der Waals surface area contributed by atoms with Crippen LogP contribution >= 0.6 is 0 Å². The largest absolute Gasteiger partial charge is 0.550 e. The minimum absolute atomic E-state index is 0.282. The van der Waals surface area contributed by atoms with E-state index in [1.807, 2.05) is 21.1 Å². The van der Waals surface area contributed by atoms with Gasteiger partial charge in [0.1, 0.15) is 12.6 Å². The van der Waals surface area contributed by atoms with E-state index < -0.39 is 12.1 Å². The monoisotopic (exact) mass is 544 g/mol. The Morgan fingerprint density at radius 3 is 1.05 bits per heavy atom. The summed E-state index contributed by atoms with van der Waals surface area (Å²) in [6, 6.07) is 0. The number of unbranched alkanes of at least 4 members (excludes halogenated alkanes) is 23. The third-order valence-corrected chi connectivity index (χ3v) is 7.17. The zero-order chi connectivity index (χ0) is 28.7. The van der Waals surface area contributed by atoms with Crippen molar-refractivity contribution in [3.8, 4) is 0 Å². The SMILES string of the molecule is CCCCCCCCCCCCCCCCCCCCCCCCCCO.C[N+](C)(C)CC(O)CC(=O)[O-]. The zero-order valence-corrected chi connectivity index (χ0v) is 26.3. The molecule has 0 aliphatic rings. The van der Waals surface area contributed by atoms with E-state index in [9.17, 15) is 9.90 Å². The van der Waals surface area contributed by atoms with Crippen LogP contribution in [0.1, 0.15) is 167 Å². The third-order valence-electron chi connectivity index (χ3n) is 7.17. The molecular weight excluding hydrogens is 474 g/mol. The molecule has 0 fully saturated rings. The smallest absolute Gasteiger partial charge is 0.108 e. The average Bonchev–Trinajstić information content (AvgIpc) is 2.83. The van der Waals surface area contributed by atoms with Gasteiger partial charge in [-0.25, -0.2) is 0 Å². The summed E-state index contributed by atoms with van der Waals surface area (Å²) in [5.74, 6) is -1.20. The van der Waals surface area contributed by atoms with E-state index in [1.165, 1.54) is 148 Å². The van der Waals surface area contributed by atoms with Gasteiger partial charge in [-0.3, -0.25) is 0 Å². The molecular formula is C33H69NO4. The number of rotatable bonds is 28. The van der Waals surface area contributed by atoms with Gasteiger partial charge < -0.3 is 24.6 Å². The highest BCUT2D eigenvalue weighted by molar-refractivity contribution is 5.64. The fourth-order valence-electron chi connectivity index (χ4n) is 4.96. The predicted molar refractivity (Wildman–Crippen MR) is 162 cm³/mol. The maximum Gasteiger partial charge on any atom is 0.108 e. The summed E-state index contributed by atoms with van der Waals surface area (Å²) in [7, 11) is 5.66. The van der Waals surface area contributed by atoms with Gasteiger partial charge in [0.15, 0.2) is 0 Å². The number of carboxylic acid groups (broad SMARTS) is 1. The molecule has 0 aliphatic heterocycles. The molecule has 2 N–H and O–H groups in total. The third kappa shape index (κ3) is 39.9. The molecule has 1 unspecified atom stereocenters. The van der Waals surface area contributed by atoms with Gasteiger partial charge in [-0.05, 0) is 6.42 Å². The van der Waals surface area contributed by atoms with Crippen molar-refractivity contribution in [3.63, 3.8) is 0 Å². The molecule has 5 heteroatoms. The van der Waals surface area contributed by atoms with Crippen LogP contribution in [0.25, 0.3) is 0 Å². The van der Waals surface area contributed by atoms with E-state index in [-0.39, 0.29) is 6.42 Å². The highest BCUT2D eigenvalue weighted by atomic mass is 16.4. The summed E-state index contributed by atoms with van der Waals surface area (Å²) >= 11 is 0. The summed E-state index contributed by atoms with van der Waals surface area (Å²) in [4.78, 5) is 10.0. The first-order valence-corrected chi connectivity index (χ1v) is 16.5. The molecule has 0 rings (SSSR count). The quantitative estimate of drug-likeness (QED) is 0.0788. The number of nitrogens with zero attached hydrogens (tertiary/aromatic N) is 1. The summed E-state index contributed by atoms with van der Waals surface area (Å²) in [6.07, 6.45) is 33.0. The number of carbonyl (C=O) groups is 1. The molecule has 0 aromatic rings. The second kappa shape index (κ2) is 30.9. The minimum Gasteiger partial charge on any atom is -0.550 e. The first-order valence-electron chi connectivity index (χ1n) is 16.5. The number of carbonyl (C=O) groups excluding carboxylic acids is 1. The number of carboxylic acids is 1. The number of hydrogen-bond donors (Lipinski definition) is 2. The second-order valence-corrected chi connectivity index (χ2v) is 12.6. The summed E-state index contributed by atoms with van der Waals surface area (Å²) < 4.78 is 0.550. The van der Waals surface area contributed by atoms with Crippen LogP contribution in [-0.2, 0) is 4.79 Å². The van der Waals surface area contributed by atoms with Gasteiger partial charge >= 0.3 is 0 Å². The molecule has 0 radical (unpaired) electrons. The van der Waals surface area contributed by atoms with Crippen LogP contribution in [0.3, 0.4) is 0 Å². The molecule has 0 aliphatic carbocycles. The average molecular weight is 544 g/mol. The number of aliphatic hydroxyl groups is 2. The van der Waals surface area contributed by atoms with Crippen molar-refractivity contribution in [3.05, 3.63) is 0 Å². The van der Waals surface area contributed by atoms with Gasteiger partial charge in [0, 0.05) is 19.0 Å². The molecule has 38 heavy (non-hydrogen) atoms. The number of hydrogen-bond acceptors (Lipinski definition) is 4. The van der Waals surface area contributed by atoms with Crippen molar-refractivity contribution in [1.82, 2.24) is 0 Å². The number of quaternary nitrogens is 1. The minimum atomic E-state index is -1.20. The van der Waals surface area contributed by atoms with Gasteiger partial charge in [0.05, 0.1) is 21.1 Å². The van der Waals surface area contributed by atoms with E-state index in [4.69, 9.17) is 10.2 Å². The van der Waals surface area contributed by atoms with Crippen molar-refractivity contribution < 1.29 is 24.6 Å². The number of aliphatic hydroxyl groups excluding tert-OH is 2. The second-order valence-electron chi connectivity index (χ2n) is 12.6. The lowest BCUT2D eigenvalue weighted by molar-refractivity contribution is -0.873. The maximum absolute atomic E-state index is 10.0. The van der Waals surface area contributed by atoms with Crippen LogP contribution in [0.4, 0.5) is 0 Å². The Hall–Kier alpha value is -0.650. The summed E-state index contributed by atoms with van der Waals surface area (Å²) in [6.45, 7) is 3.10. The van der Waals surface area contributed by atoms with Gasteiger partial charge in [-0.1, -0.05) is 155 Å². The molecule has 0 amide bonds. The lowest BCUT2D eigenvalue weighted by Gasteiger charge is -2.26. The Morgan fingerprint density at radius 2 is 0.842 bits per heavy atom. The van der Waals surface area contributed by atoms with Gasteiger partial charge in [-0.15, -0.1) is 0 Å². The Morgan fingerprint density at radius 1 is 0.579 bits per heavy atom. The Kier molecular flexibility index (Phi) is 32.1. The summed E-state index contributed by atoms with van der Waals surface area (Å²) in [5.41, 5.74) is 0. The van der Waals surface area contributed by atoms with Crippen LogP contribution in [0, 0.1) is 0 Å². The maximum atomic E-state index is 10.0. The first kappa shape index (κ1) is 39.5. The first-order chi connectivity index (χ1) is 18.2. The van der Waals surface area contributed by atoms with Crippen molar-refractivity contribution in [2.75, 3.05) is 34.3 Å². The van der Waals surface area contributed by atoms with Crippen LogP contribution in [0.5, 0.6) is 0 Å². The van der Waals surface area contributed by atoms with Crippen molar-refractivity contribution in [1.29, 1.82) is 0 Å². The fourth-order valence-corrected chi connectivity index (χ4v) is 4.96. The number of aliphatic carboxylic acids is 1. The van der Waals surface area contributed by atoms with E-state index in [1.54, 1.807) is 0 Å². The highest BCUT2D eigenvalue weighted by Crippen LogP contribution is 2.15. The zero-order valence-electron chi connectivity index (χ0n) is 26.3. The van der Waals surface area contributed by atoms with E-state index in [2.05, 4.69) is 6.92 Å². The molecule has 0 aromatic carbocycles. The Bertz CT molecular complexity index is 440. The molecule has 0 spiro atoms. The van der Waals surface area contributed by atoms with Gasteiger partial charge in [0.2, 0.25) is 0 Å². The van der Waals surface area contributed by atoms with Crippen LogP contribution in [0.2, 0.25) is 0 Å².